The van der Waals surface area contributed by atoms with Crippen LogP contribution in [0.15, 0.2) is 97.1 Å². The number of nitrogens with zero attached hydrogens (tertiary/aromatic N) is 1. The molecule has 1 N–H and O–H groups in total. The average molecular weight is 509 g/mol. The first-order valence-electron chi connectivity index (χ1n) is 12.0. The van der Waals surface area contributed by atoms with Gasteiger partial charge in [-0.3, -0.25) is 18.7 Å². The van der Waals surface area contributed by atoms with E-state index in [0.29, 0.717) is 23.4 Å². The predicted octanol–water partition coefficient (Wildman–Crippen LogP) is 6.27. The number of benzene rings is 4. The number of hydrogen-bond acceptors (Lipinski definition) is 4. The van der Waals surface area contributed by atoms with Gasteiger partial charge in [0.25, 0.3) is 0 Å². The van der Waals surface area contributed by atoms with Crippen molar-refractivity contribution in [2.75, 3.05) is 5.32 Å². The molecule has 0 radical (unpaired) electrons. The summed E-state index contributed by atoms with van der Waals surface area (Å²) < 4.78 is 1.34. The number of hydrogen-bond donors (Lipinski definition) is 2. The molecule has 0 saturated heterocycles. The lowest BCUT2D eigenvalue weighted by Crippen LogP contribution is -2.18. The van der Waals surface area contributed by atoms with Gasteiger partial charge < -0.3 is 5.32 Å². The molecule has 2 amide bonds. The van der Waals surface area contributed by atoms with Crippen LogP contribution < -0.4 is 5.32 Å². The summed E-state index contributed by atoms with van der Waals surface area (Å²) in [6, 6.07) is 29.9. The maximum Gasteiger partial charge on any atom is 0.229 e. The van der Waals surface area contributed by atoms with Gasteiger partial charge in [-0.25, -0.2) is 0 Å². The summed E-state index contributed by atoms with van der Waals surface area (Å²) in [5.41, 5.74) is 5.96. The Morgan fingerprint density at radius 2 is 1.51 bits per heavy atom. The molecule has 0 bridgehead atoms. The lowest BCUT2D eigenvalue weighted by atomic mass is 9.94. The van der Waals surface area contributed by atoms with Gasteiger partial charge in [0.05, 0.1) is 18.7 Å². The van der Waals surface area contributed by atoms with E-state index in [1.807, 2.05) is 79.7 Å². The topological polar surface area (TPSA) is 66.5 Å². The van der Waals surface area contributed by atoms with Crippen molar-refractivity contribution in [1.82, 2.24) is 4.31 Å². The highest BCUT2D eigenvalue weighted by molar-refractivity contribution is 7.78. The van der Waals surface area contributed by atoms with Crippen LogP contribution in [0.1, 0.15) is 39.5 Å². The standard InChI is InChI=1S/C31H28N2O3S/c1-21-12-14-23(15-13-21)18-30(35)32-29-17-16-25(19-28(29)31(36)24-8-4-3-5-9-24)27-11-7-6-10-26(27)20-33(37)22(2)34/h3-17,19,37H,18,20H2,1-2H3,(H,32,35). The molecule has 0 aliphatic carbocycles. The molecule has 0 unspecified atom stereocenters. The second kappa shape index (κ2) is 11.7. The Balaban J connectivity index is 1.71. The van der Waals surface area contributed by atoms with Crippen molar-refractivity contribution in [3.8, 4) is 11.1 Å². The van der Waals surface area contributed by atoms with E-state index in [4.69, 9.17) is 0 Å². The van der Waals surface area contributed by atoms with Crippen LogP contribution in [0.2, 0.25) is 0 Å². The van der Waals surface area contributed by atoms with Crippen molar-refractivity contribution >= 4 is 36.1 Å². The molecular formula is C31H28N2O3S. The van der Waals surface area contributed by atoms with E-state index >= 15 is 0 Å². The van der Waals surface area contributed by atoms with Gasteiger partial charge in [-0.05, 0) is 41.3 Å². The average Bonchev–Trinajstić information content (AvgIpc) is 2.90. The molecule has 186 valence electrons. The molecular weight excluding hydrogens is 480 g/mol. The van der Waals surface area contributed by atoms with E-state index in [2.05, 4.69) is 18.1 Å². The van der Waals surface area contributed by atoms with Gasteiger partial charge in [0.15, 0.2) is 5.78 Å². The SMILES string of the molecule is CC(=O)N(S)Cc1ccccc1-c1ccc(NC(=O)Cc2ccc(C)cc2)c(C(=O)c2ccccc2)c1. The molecule has 0 aromatic heterocycles. The quantitative estimate of drug-likeness (QED) is 0.218. The van der Waals surface area contributed by atoms with Crippen molar-refractivity contribution in [3.05, 3.63) is 125 Å². The number of anilines is 1. The van der Waals surface area contributed by atoms with E-state index in [1.54, 1.807) is 24.3 Å². The van der Waals surface area contributed by atoms with Gasteiger partial charge in [0.1, 0.15) is 0 Å². The Morgan fingerprint density at radius 3 is 2.22 bits per heavy atom. The number of ketones is 1. The largest absolute Gasteiger partial charge is 0.325 e. The number of amides is 2. The summed E-state index contributed by atoms with van der Waals surface area (Å²) in [4.78, 5) is 38.2. The van der Waals surface area contributed by atoms with Gasteiger partial charge in [-0.2, -0.15) is 0 Å². The molecule has 4 aromatic carbocycles. The van der Waals surface area contributed by atoms with E-state index in [0.717, 1.165) is 27.8 Å². The Hall–Kier alpha value is -4.16. The summed E-state index contributed by atoms with van der Waals surface area (Å²) in [6.45, 7) is 3.77. The Kier molecular flexibility index (Phi) is 8.21. The zero-order valence-electron chi connectivity index (χ0n) is 20.8. The maximum atomic E-state index is 13.6. The minimum absolute atomic E-state index is 0.162. The minimum atomic E-state index is -0.203. The van der Waals surface area contributed by atoms with Crippen LogP contribution in [0.5, 0.6) is 0 Å². The van der Waals surface area contributed by atoms with Crippen LogP contribution in [0.4, 0.5) is 5.69 Å². The normalized spacial score (nSPS) is 10.6. The zero-order chi connectivity index (χ0) is 26.4. The van der Waals surface area contributed by atoms with Crippen LogP contribution in [0.25, 0.3) is 11.1 Å². The van der Waals surface area contributed by atoms with E-state index in [1.165, 1.54) is 11.2 Å². The molecule has 6 heteroatoms. The monoisotopic (exact) mass is 508 g/mol. The molecule has 0 atom stereocenters. The number of carbonyl (C=O) groups is 3. The second-order valence-corrected chi connectivity index (χ2v) is 9.38. The molecule has 0 heterocycles. The summed E-state index contributed by atoms with van der Waals surface area (Å²) in [5.74, 6) is -0.555. The minimum Gasteiger partial charge on any atom is -0.325 e. The fraction of sp³-hybridized carbons (Fsp3) is 0.129. The Bertz CT molecular complexity index is 1430. The van der Waals surface area contributed by atoms with Crippen molar-refractivity contribution in [3.63, 3.8) is 0 Å². The number of nitrogens with one attached hydrogen (secondary N) is 1. The van der Waals surface area contributed by atoms with Crippen LogP contribution in [-0.4, -0.2) is 21.9 Å². The molecule has 0 fully saturated rings. The van der Waals surface area contributed by atoms with Crippen LogP contribution >= 0.6 is 12.8 Å². The van der Waals surface area contributed by atoms with Crippen molar-refractivity contribution < 1.29 is 14.4 Å². The number of thiol groups is 1. The molecule has 4 rings (SSSR count). The first kappa shape index (κ1) is 25.9. The van der Waals surface area contributed by atoms with Gasteiger partial charge in [0, 0.05) is 18.1 Å². The number of rotatable bonds is 8. The highest BCUT2D eigenvalue weighted by Crippen LogP contribution is 2.30. The highest BCUT2D eigenvalue weighted by Gasteiger charge is 2.18. The van der Waals surface area contributed by atoms with Crippen molar-refractivity contribution in [1.29, 1.82) is 0 Å². The number of aryl methyl sites for hydroxylation is 1. The lowest BCUT2D eigenvalue weighted by Gasteiger charge is -2.18. The number of carbonyl (C=O) groups excluding carboxylic acids is 3. The van der Waals surface area contributed by atoms with Crippen molar-refractivity contribution in [2.24, 2.45) is 0 Å². The molecule has 4 aromatic rings. The zero-order valence-corrected chi connectivity index (χ0v) is 21.7. The molecule has 0 aliphatic rings. The third-order valence-corrected chi connectivity index (χ3v) is 6.49. The van der Waals surface area contributed by atoms with Gasteiger partial charge >= 0.3 is 0 Å². The summed E-state index contributed by atoms with van der Waals surface area (Å²) >= 11 is 4.28. The fourth-order valence-electron chi connectivity index (χ4n) is 4.05. The predicted molar refractivity (Wildman–Crippen MR) is 150 cm³/mol. The van der Waals surface area contributed by atoms with Gasteiger partial charge in [0.2, 0.25) is 11.8 Å². The first-order chi connectivity index (χ1) is 17.8. The molecule has 37 heavy (non-hydrogen) atoms. The summed E-state index contributed by atoms with van der Waals surface area (Å²) in [5, 5.41) is 2.94. The Labute approximate surface area is 222 Å². The molecule has 0 saturated carbocycles. The third-order valence-electron chi connectivity index (χ3n) is 6.07. The van der Waals surface area contributed by atoms with Gasteiger partial charge in [-0.15, -0.1) is 0 Å². The maximum absolute atomic E-state index is 13.6. The lowest BCUT2D eigenvalue weighted by molar-refractivity contribution is -0.124. The summed E-state index contributed by atoms with van der Waals surface area (Å²) in [7, 11) is 0. The van der Waals surface area contributed by atoms with Gasteiger partial charge in [-0.1, -0.05) is 103 Å². The Morgan fingerprint density at radius 1 is 0.838 bits per heavy atom. The highest BCUT2D eigenvalue weighted by atomic mass is 32.1. The van der Waals surface area contributed by atoms with Crippen molar-refractivity contribution in [2.45, 2.75) is 26.8 Å². The smallest absolute Gasteiger partial charge is 0.229 e. The summed E-state index contributed by atoms with van der Waals surface area (Å²) in [6.07, 6.45) is 0.201. The van der Waals surface area contributed by atoms with E-state index < -0.39 is 0 Å². The van der Waals surface area contributed by atoms with Crippen LogP contribution in [0.3, 0.4) is 0 Å². The fourth-order valence-corrected chi connectivity index (χ4v) is 4.20. The van der Waals surface area contributed by atoms with Crippen LogP contribution in [-0.2, 0) is 22.6 Å². The van der Waals surface area contributed by atoms with Crippen LogP contribution in [0, 0.1) is 6.92 Å². The van der Waals surface area contributed by atoms with E-state index in [9.17, 15) is 14.4 Å². The third kappa shape index (κ3) is 6.54. The van der Waals surface area contributed by atoms with E-state index in [-0.39, 0.29) is 24.0 Å². The molecule has 5 nitrogen and oxygen atoms in total. The molecule has 0 spiro atoms. The molecule has 0 aliphatic heterocycles. The first-order valence-corrected chi connectivity index (χ1v) is 12.4. The second-order valence-electron chi connectivity index (χ2n) is 8.90.